The fourth-order valence-corrected chi connectivity index (χ4v) is 2.80. The number of carbonyl (C=O) groups is 1. The van der Waals surface area contributed by atoms with Gasteiger partial charge in [-0.15, -0.1) is 0 Å². The Balaban J connectivity index is 1.88. The van der Waals surface area contributed by atoms with Crippen molar-refractivity contribution in [2.75, 3.05) is 40.4 Å². The maximum Gasteiger partial charge on any atom is 0.248 e. The minimum Gasteiger partial charge on any atom is -0.369 e. The van der Waals surface area contributed by atoms with Crippen molar-refractivity contribution in [3.63, 3.8) is 0 Å². The van der Waals surface area contributed by atoms with Crippen LogP contribution in [0.1, 0.15) is 19.5 Å². The molecule has 0 radical (unpaired) electrons. The van der Waals surface area contributed by atoms with Gasteiger partial charge in [-0.2, -0.15) is 0 Å². The molecule has 1 saturated heterocycles. The summed E-state index contributed by atoms with van der Waals surface area (Å²) in [6.07, 6.45) is 3.67. The molecule has 1 atom stereocenters. The largest absolute Gasteiger partial charge is 0.369 e. The van der Waals surface area contributed by atoms with Crippen LogP contribution in [0.5, 0.6) is 0 Å². The zero-order chi connectivity index (χ0) is 17.0. The third-order valence-electron chi connectivity index (χ3n) is 3.88. The number of aromatic nitrogens is 2. The van der Waals surface area contributed by atoms with E-state index in [9.17, 15) is 4.79 Å². The summed E-state index contributed by atoms with van der Waals surface area (Å²) < 4.78 is 13.6. The Labute approximate surface area is 138 Å². The van der Waals surface area contributed by atoms with Crippen molar-refractivity contribution < 1.29 is 14.3 Å². The van der Waals surface area contributed by atoms with Gasteiger partial charge in [-0.05, 0) is 13.8 Å². The second-order valence-electron chi connectivity index (χ2n) is 6.97. The molecule has 2 heterocycles. The topological polar surface area (TPSA) is 59.8 Å². The van der Waals surface area contributed by atoms with Gasteiger partial charge in [-0.25, -0.2) is 4.98 Å². The molecule has 0 N–H and O–H groups in total. The van der Waals surface area contributed by atoms with E-state index in [0.29, 0.717) is 6.61 Å². The second kappa shape index (κ2) is 7.42. The minimum absolute atomic E-state index is 0.0354. The van der Waals surface area contributed by atoms with Crippen LogP contribution in [0.15, 0.2) is 12.5 Å². The number of ether oxygens (including phenoxy) is 2. The average molecular weight is 324 g/mol. The van der Waals surface area contributed by atoms with Gasteiger partial charge in [0.25, 0.3) is 0 Å². The molecule has 0 aromatic carbocycles. The van der Waals surface area contributed by atoms with Crippen molar-refractivity contribution in [2.45, 2.75) is 32.1 Å². The molecule has 2 rings (SSSR count). The molecule has 1 aromatic heterocycles. The van der Waals surface area contributed by atoms with Gasteiger partial charge < -0.3 is 18.9 Å². The summed E-state index contributed by atoms with van der Waals surface area (Å²) in [4.78, 5) is 19.6. The van der Waals surface area contributed by atoms with Gasteiger partial charge in [-0.3, -0.25) is 9.69 Å². The number of hydrogen-bond donors (Lipinski definition) is 0. The van der Waals surface area contributed by atoms with Crippen molar-refractivity contribution in [3.05, 3.63) is 18.2 Å². The molecule has 130 valence electrons. The molecule has 1 aliphatic rings. The van der Waals surface area contributed by atoms with Crippen LogP contribution >= 0.6 is 0 Å². The summed E-state index contributed by atoms with van der Waals surface area (Å²) in [5.74, 6) is -0.0354. The molecule has 0 bridgehead atoms. The summed E-state index contributed by atoms with van der Waals surface area (Å²) in [5, 5.41) is 0. The highest BCUT2D eigenvalue weighted by atomic mass is 16.5. The van der Waals surface area contributed by atoms with Crippen molar-refractivity contribution in [2.24, 2.45) is 7.05 Å². The number of nitrogens with zero attached hydrogens (tertiary/aromatic N) is 4. The molecule has 0 spiro atoms. The first-order valence-electron chi connectivity index (χ1n) is 7.90. The smallest absolute Gasteiger partial charge is 0.248 e. The Morgan fingerprint density at radius 2 is 2.26 bits per heavy atom. The number of likely N-dealkylation sites (N-methyl/N-ethyl adjacent to an activating group) is 1. The van der Waals surface area contributed by atoms with E-state index in [1.54, 1.807) is 14.1 Å². The van der Waals surface area contributed by atoms with E-state index in [1.807, 2.05) is 24.1 Å². The summed E-state index contributed by atoms with van der Waals surface area (Å²) in [5.41, 5.74) is 0.932. The Hall–Kier alpha value is -1.44. The predicted molar refractivity (Wildman–Crippen MR) is 87.0 cm³/mol. The number of amides is 1. The van der Waals surface area contributed by atoms with Gasteiger partial charge in [0.05, 0.1) is 30.3 Å². The predicted octanol–water partition coefficient (Wildman–Crippen LogP) is 0.504. The van der Waals surface area contributed by atoms with Gasteiger partial charge in [-0.1, -0.05) is 0 Å². The number of carbonyl (C=O) groups excluding carboxylic acids is 1. The highest BCUT2D eigenvalue weighted by molar-refractivity contribution is 5.76. The number of imidazole rings is 1. The molecule has 0 aliphatic carbocycles. The van der Waals surface area contributed by atoms with Gasteiger partial charge in [0.15, 0.2) is 0 Å². The van der Waals surface area contributed by atoms with Crippen LogP contribution < -0.4 is 0 Å². The minimum atomic E-state index is -0.240. The molecule has 1 aromatic rings. The molecule has 0 saturated carbocycles. The maximum atomic E-state index is 11.6. The Kier molecular flexibility index (Phi) is 5.78. The van der Waals surface area contributed by atoms with E-state index in [0.717, 1.165) is 19.6 Å². The molecular weight excluding hydrogens is 296 g/mol. The molecule has 1 amide bonds. The summed E-state index contributed by atoms with van der Waals surface area (Å²) in [6.45, 7) is 7.15. The molecule has 23 heavy (non-hydrogen) atoms. The first-order valence-corrected chi connectivity index (χ1v) is 7.90. The van der Waals surface area contributed by atoms with Crippen LogP contribution in [-0.4, -0.2) is 77.4 Å². The van der Waals surface area contributed by atoms with Crippen molar-refractivity contribution >= 4 is 5.91 Å². The summed E-state index contributed by atoms with van der Waals surface area (Å²) in [7, 11) is 5.45. The van der Waals surface area contributed by atoms with Crippen LogP contribution in [0.4, 0.5) is 0 Å². The third-order valence-corrected chi connectivity index (χ3v) is 3.88. The van der Waals surface area contributed by atoms with Crippen LogP contribution in [-0.2, 0) is 27.9 Å². The molecule has 7 nitrogen and oxygen atoms in total. The van der Waals surface area contributed by atoms with Crippen LogP contribution in [0.25, 0.3) is 0 Å². The third kappa shape index (κ3) is 5.30. The number of rotatable bonds is 6. The highest BCUT2D eigenvalue weighted by Crippen LogP contribution is 2.22. The van der Waals surface area contributed by atoms with E-state index in [2.05, 4.69) is 23.7 Å². The summed E-state index contributed by atoms with van der Waals surface area (Å²) >= 11 is 0. The monoisotopic (exact) mass is 324 g/mol. The lowest BCUT2D eigenvalue weighted by Gasteiger charge is -2.42. The Bertz CT molecular complexity index is 527. The lowest BCUT2D eigenvalue weighted by atomic mass is 10.1. The van der Waals surface area contributed by atoms with Crippen LogP contribution in [0, 0.1) is 0 Å². The van der Waals surface area contributed by atoms with Crippen molar-refractivity contribution in [1.82, 2.24) is 19.4 Å². The lowest BCUT2D eigenvalue weighted by Crippen LogP contribution is -2.53. The zero-order valence-electron chi connectivity index (χ0n) is 14.8. The highest BCUT2D eigenvalue weighted by Gasteiger charge is 2.33. The number of aryl methyl sites for hydroxylation is 1. The average Bonchev–Trinajstić information content (AvgIpc) is 2.82. The SMILES string of the molecule is CN(C)C(=O)COCC1CN(Cc2cncn2C)CC(C)(C)O1. The quantitative estimate of drug-likeness (QED) is 0.763. The van der Waals surface area contributed by atoms with Gasteiger partial charge in [0.1, 0.15) is 6.61 Å². The molecule has 1 aliphatic heterocycles. The fraction of sp³-hybridized carbons (Fsp3) is 0.750. The molecule has 7 heteroatoms. The van der Waals surface area contributed by atoms with E-state index < -0.39 is 0 Å². The van der Waals surface area contributed by atoms with Gasteiger partial charge in [0.2, 0.25) is 5.91 Å². The van der Waals surface area contributed by atoms with E-state index in [1.165, 1.54) is 10.6 Å². The van der Waals surface area contributed by atoms with Crippen LogP contribution in [0.3, 0.4) is 0 Å². The molecule has 1 fully saturated rings. The summed E-state index contributed by atoms with van der Waals surface area (Å²) in [6, 6.07) is 0. The van der Waals surface area contributed by atoms with Crippen molar-refractivity contribution in [3.8, 4) is 0 Å². The van der Waals surface area contributed by atoms with E-state index >= 15 is 0 Å². The fourth-order valence-electron chi connectivity index (χ4n) is 2.80. The zero-order valence-corrected chi connectivity index (χ0v) is 14.8. The molecule has 1 unspecified atom stereocenters. The number of morpholine rings is 1. The molecular formula is C16H28N4O3. The number of hydrogen-bond acceptors (Lipinski definition) is 5. The lowest BCUT2D eigenvalue weighted by molar-refractivity contribution is -0.161. The van der Waals surface area contributed by atoms with E-state index in [4.69, 9.17) is 9.47 Å². The Morgan fingerprint density at radius 1 is 1.52 bits per heavy atom. The van der Waals surface area contributed by atoms with Gasteiger partial charge >= 0.3 is 0 Å². The maximum absolute atomic E-state index is 11.6. The van der Waals surface area contributed by atoms with Crippen molar-refractivity contribution in [1.29, 1.82) is 0 Å². The first kappa shape index (κ1) is 17.9. The van der Waals surface area contributed by atoms with Crippen LogP contribution in [0.2, 0.25) is 0 Å². The second-order valence-corrected chi connectivity index (χ2v) is 6.97. The van der Waals surface area contributed by atoms with E-state index in [-0.39, 0.29) is 24.2 Å². The normalized spacial score (nSPS) is 21.3. The van der Waals surface area contributed by atoms with Gasteiger partial charge in [0, 0.05) is 47.0 Å². The first-order chi connectivity index (χ1) is 10.8. The Morgan fingerprint density at radius 3 is 2.87 bits per heavy atom. The standard InChI is InChI=1S/C16H28N4O3/c1-16(2)11-20(7-13-6-17-12-19(13)5)8-14(23-16)9-22-10-15(21)18(3)4/h6,12,14H,7-11H2,1-5H3.